The summed E-state index contributed by atoms with van der Waals surface area (Å²) in [5.74, 6) is 0.707. The smallest absolute Gasteiger partial charge is 0.159 e. The summed E-state index contributed by atoms with van der Waals surface area (Å²) < 4.78 is 6.75. The van der Waals surface area contributed by atoms with Crippen molar-refractivity contribution in [3.05, 3.63) is 217 Å². The summed E-state index contributed by atoms with van der Waals surface area (Å²) in [7, 11) is 0. The fraction of sp³-hybridized carbons (Fsp3) is 0.0189. The molecule has 0 bridgehead atoms. The predicted octanol–water partition coefficient (Wildman–Crippen LogP) is 13.4. The minimum absolute atomic E-state index is 0.478. The van der Waals surface area contributed by atoms with E-state index in [1.807, 2.05) is 18.3 Å². The Morgan fingerprint density at radius 3 is 1.77 bits per heavy atom. The number of hydrogen-bond donors (Lipinski definition) is 0. The molecule has 2 heterocycles. The van der Waals surface area contributed by atoms with Gasteiger partial charge in [0.25, 0.3) is 0 Å². The van der Waals surface area contributed by atoms with E-state index in [4.69, 9.17) is 9.40 Å². The molecule has 0 atom stereocenters. The Morgan fingerprint density at radius 2 is 1.00 bits per heavy atom. The van der Waals surface area contributed by atoms with E-state index < -0.39 is 5.41 Å². The zero-order chi connectivity index (χ0) is 36.8. The van der Waals surface area contributed by atoms with Gasteiger partial charge in [0.05, 0.1) is 11.1 Å². The summed E-state index contributed by atoms with van der Waals surface area (Å²) in [5, 5.41) is 2.30. The average molecular weight is 713 g/mol. The molecule has 0 amide bonds. The van der Waals surface area contributed by atoms with Gasteiger partial charge in [-0.3, -0.25) is 0 Å². The predicted molar refractivity (Wildman–Crippen MR) is 227 cm³/mol. The fourth-order valence-corrected chi connectivity index (χ4v) is 9.52. The molecular weight excluding hydrogens is 681 g/mol. The summed E-state index contributed by atoms with van der Waals surface area (Å²) in [6, 6.07) is 67.6. The lowest BCUT2D eigenvalue weighted by atomic mass is 9.70. The third-order valence-corrected chi connectivity index (χ3v) is 12.0. The number of fused-ring (bicyclic) bond motifs is 14. The topological polar surface area (TPSA) is 38.9 Å². The van der Waals surface area contributed by atoms with E-state index in [9.17, 15) is 0 Å². The maximum Gasteiger partial charge on any atom is 0.159 e. The van der Waals surface area contributed by atoms with Crippen molar-refractivity contribution in [2.75, 3.05) is 0 Å². The largest absolute Gasteiger partial charge is 0.455 e. The first-order chi connectivity index (χ1) is 27.8. The fourth-order valence-electron chi connectivity index (χ4n) is 9.52. The van der Waals surface area contributed by atoms with Crippen LogP contribution in [0.25, 0.3) is 89.1 Å². The molecule has 10 aromatic rings. The van der Waals surface area contributed by atoms with Crippen molar-refractivity contribution in [3.63, 3.8) is 0 Å². The van der Waals surface area contributed by atoms with Gasteiger partial charge in [-0.1, -0.05) is 170 Å². The van der Waals surface area contributed by atoms with Crippen LogP contribution < -0.4 is 0 Å². The Kier molecular flexibility index (Phi) is 6.55. The number of rotatable bonds is 4. The molecule has 0 saturated carbocycles. The number of para-hydroxylation sites is 1. The van der Waals surface area contributed by atoms with Crippen LogP contribution in [0.3, 0.4) is 0 Å². The van der Waals surface area contributed by atoms with E-state index in [1.165, 1.54) is 61.2 Å². The second kappa shape index (κ2) is 11.8. The second-order valence-corrected chi connectivity index (χ2v) is 14.9. The maximum absolute atomic E-state index is 6.75. The first kappa shape index (κ1) is 31.0. The minimum Gasteiger partial charge on any atom is -0.455 e. The Labute approximate surface area is 324 Å². The molecule has 1 spiro atoms. The molecule has 0 N–H and O–H groups in total. The van der Waals surface area contributed by atoms with Gasteiger partial charge < -0.3 is 4.42 Å². The molecule has 2 aliphatic rings. The zero-order valence-electron chi connectivity index (χ0n) is 30.3. The number of aromatic nitrogens is 2. The second-order valence-electron chi connectivity index (χ2n) is 14.9. The first-order valence-electron chi connectivity index (χ1n) is 19.1. The van der Waals surface area contributed by atoms with Crippen molar-refractivity contribution in [1.29, 1.82) is 0 Å². The van der Waals surface area contributed by atoms with Crippen LogP contribution in [0.15, 0.2) is 199 Å². The molecular formula is C53H32N2O. The van der Waals surface area contributed by atoms with Crippen LogP contribution in [0.2, 0.25) is 0 Å². The Balaban J connectivity index is 0.975. The summed E-state index contributed by atoms with van der Waals surface area (Å²) in [6.45, 7) is 0. The van der Waals surface area contributed by atoms with Crippen molar-refractivity contribution < 1.29 is 4.42 Å². The number of furan rings is 1. The lowest BCUT2D eigenvalue weighted by molar-refractivity contribution is 0.669. The minimum atomic E-state index is -0.478. The van der Waals surface area contributed by atoms with Gasteiger partial charge in [-0.05, 0) is 79.4 Å². The van der Waals surface area contributed by atoms with Gasteiger partial charge >= 0.3 is 0 Å². The highest BCUT2D eigenvalue weighted by atomic mass is 16.3. The molecule has 260 valence electrons. The standard InChI is InChI=1S/C53H32N2O/c1-2-10-33(11-3-1)34-18-22-36(23-19-34)48-30-31-54-52(55-48)37-24-20-35(21-25-37)38-26-27-43-47(32-38)53(44-15-7-4-12-39(44)40-13-5-8-16-45(40)53)46-29-28-42-41-14-6-9-17-49(41)56-51(42)50(43)46/h1-32H. The molecule has 0 unspecified atom stereocenters. The average Bonchev–Trinajstić information content (AvgIpc) is 3.91. The van der Waals surface area contributed by atoms with Gasteiger partial charge in [0.2, 0.25) is 0 Å². The Hall–Kier alpha value is -7.36. The van der Waals surface area contributed by atoms with Gasteiger partial charge in [0.1, 0.15) is 11.2 Å². The summed E-state index contributed by atoms with van der Waals surface area (Å²) >= 11 is 0. The van der Waals surface area contributed by atoms with Crippen LogP contribution in [-0.4, -0.2) is 9.97 Å². The van der Waals surface area contributed by atoms with Crippen molar-refractivity contribution in [2.24, 2.45) is 0 Å². The summed E-state index contributed by atoms with van der Waals surface area (Å²) in [6.07, 6.45) is 1.85. The molecule has 0 saturated heterocycles. The number of nitrogens with zero attached hydrogens (tertiary/aromatic N) is 2. The van der Waals surface area contributed by atoms with Crippen molar-refractivity contribution in [3.8, 4) is 67.2 Å². The van der Waals surface area contributed by atoms with Gasteiger partial charge in [0, 0.05) is 33.7 Å². The lowest BCUT2D eigenvalue weighted by Crippen LogP contribution is -2.25. The van der Waals surface area contributed by atoms with E-state index in [-0.39, 0.29) is 0 Å². The Morgan fingerprint density at radius 1 is 0.393 bits per heavy atom. The molecule has 8 aromatic carbocycles. The van der Waals surface area contributed by atoms with Gasteiger partial charge in [-0.15, -0.1) is 0 Å². The molecule has 2 aromatic heterocycles. The van der Waals surface area contributed by atoms with Crippen LogP contribution in [0.5, 0.6) is 0 Å². The van der Waals surface area contributed by atoms with Gasteiger partial charge in [-0.25, -0.2) is 9.97 Å². The molecule has 56 heavy (non-hydrogen) atoms. The van der Waals surface area contributed by atoms with Gasteiger partial charge in [-0.2, -0.15) is 0 Å². The molecule has 2 aliphatic carbocycles. The first-order valence-corrected chi connectivity index (χ1v) is 19.1. The highest BCUT2D eigenvalue weighted by Gasteiger charge is 2.52. The van der Waals surface area contributed by atoms with Crippen LogP contribution in [-0.2, 0) is 5.41 Å². The van der Waals surface area contributed by atoms with Gasteiger partial charge in [0.15, 0.2) is 5.82 Å². The number of hydrogen-bond acceptors (Lipinski definition) is 3. The monoisotopic (exact) mass is 712 g/mol. The van der Waals surface area contributed by atoms with Crippen LogP contribution in [0.4, 0.5) is 0 Å². The third kappa shape index (κ3) is 4.34. The summed E-state index contributed by atoms with van der Waals surface area (Å²) in [5.41, 5.74) is 19.2. The van der Waals surface area contributed by atoms with Crippen LogP contribution >= 0.6 is 0 Å². The molecule has 0 radical (unpaired) electrons. The molecule has 3 heteroatoms. The molecule has 3 nitrogen and oxygen atoms in total. The summed E-state index contributed by atoms with van der Waals surface area (Å²) in [4.78, 5) is 9.68. The molecule has 0 fully saturated rings. The van der Waals surface area contributed by atoms with Crippen molar-refractivity contribution in [2.45, 2.75) is 5.41 Å². The lowest BCUT2D eigenvalue weighted by Gasteiger charge is -2.30. The van der Waals surface area contributed by atoms with Crippen molar-refractivity contribution >= 4 is 21.9 Å². The highest BCUT2D eigenvalue weighted by molar-refractivity contribution is 6.13. The number of benzene rings is 8. The van der Waals surface area contributed by atoms with E-state index in [2.05, 4.69) is 181 Å². The third-order valence-electron chi connectivity index (χ3n) is 12.0. The normalized spacial score (nSPS) is 13.1. The van der Waals surface area contributed by atoms with Crippen molar-refractivity contribution in [1.82, 2.24) is 9.97 Å². The van der Waals surface area contributed by atoms with E-state index >= 15 is 0 Å². The van der Waals surface area contributed by atoms with Crippen LogP contribution in [0, 0.1) is 0 Å². The van der Waals surface area contributed by atoms with E-state index in [0.717, 1.165) is 44.3 Å². The molecule has 0 aliphatic heterocycles. The maximum atomic E-state index is 6.75. The zero-order valence-corrected chi connectivity index (χ0v) is 30.3. The highest BCUT2D eigenvalue weighted by Crippen LogP contribution is 2.64. The molecule has 12 rings (SSSR count). The van der Waals surface area contributed by atoms with E-state index in [0.29, 0.717) is 5.82 Å². The quantitative estimate of drug-likeness (QED) is 0.182. The van der Waals surface area contributed by atoms with E-state index in [1.54, 1.807) is 0 Å². The van der Waals surface area contributed by atoms with Crippen LogP contribution in [0.1, 0.15) is 22.3 Å². The SMILES string of the molecule is c1ccc(-c2ccc(-c3ccnc(-c4ccc(-c5ccc6c(c5)C5(c7ccccc7-c7ccccc75)c5ccc7c(oc8ccccc87)c5-6)cc4)n3)cc2)cc1. The Bertz CT molecular complexity index is 3130.